The summed E-state index contributed by atoms with van der Waals surface area (Å²) in [6, 6.07) is 5.52. The van der Waals surface area contributed by atoms with E-state index in [1.54, 1.807) is 0 Å². The van der Waals surface area contributed by atoms with Gasteiger partial charge in [0.05, 0.1) is 5.69 Å². The van der Waals surface area contributed by atoms with Gasteiger partial charge in [-0.25, -0.2) is 0 Å². The number of nitrogens with two attached hydrogens (primary N) is 1. The van der Waals surface area contributed by atoms with Crippen molar-refractivity contribution < 1.29 is 4.79 Å². The van der Waals surface area contributed by atoms with Crippen LogP contribution in [-0.2, 0) is 0 Å². The van der Waals surface area contributed by atoms with Crippen LogP contribution < -0.4 is 16.6 Å². The molecule has 0 radical (unpaired) electrons. The highest BCUT2D eigenvalue weighted by molar-refractivity contribution is 5.94. The van der Waals surface area contributed by atoms with Crippen LogP contribution in [-0.4, -0.2) is 12.5 Å². The van der Waals surface area contributed by atoms with Crippen molar-refractivity contribution in [2.45, 2.75) is 39.5 Å². The van der Waals surface area contributed by atoms with E-state index in [0.29, 0.717) is 11.5 Å². The Morgan fingerprint density at radius 2 is 2.10 bits per heavy atom. The smallest absolute Gasteiger partial charge is 0.251 e. The zero-order chi connectivity index (χ0) is 14.5. The summed E-state index contributed by atoms with van der Waals surface area (Å²) in [5, 5.41) is 3.07. The number of aryl methyl sites for hydroxylation is 1. The third-order valence-corrected chi connectivity index (χ3v) is 4.46. The second-order valence-electron chi connectivity index (χ2n) is 5.91. The molecule has 2 rings (SSSR count). The minimum atomic E-state index is 0.00875. The topological polar surface area (TPSA) is 67.2 Å². The third-order valence-electron chi connectivity index (χ3n) is 4.46. The molecule has 0 aromatic heterocycles. The molecule has 110 valence electrons. The fourth-order valence-corrected chi connectivity index (χ4v) is 2.99. The summed E-state index contributed by atoms with van der Waals surface area (Å²) in [6.45, 7) is 5.02. The molecule has 1 saturated carbocycles. The molecule has 1 amide bonds. The maximum Gasteiger partial charge on any atom is 0.251 e. The number of amides is 1. The largest absolute Gasteiger partial charge is 0.352 e. The van der Waals surface area contributed by atoms with E-state index in [2.05, 4.69) is 17.7 Å². The zero-order valence-electron chi connectivity index (χ0n) is 12.4. The fraction of sp³-hybridized carbons (Fsp3) is 0.562. The van der Waals surface area contributed by atoms with E-state index < -0.39 is 0 Å². The lowest BCUT2D eigenvalue weighted by Gasteiger charge is -2.28. The number of rotatable bonds is 4. The van der Waals surface area contributed by atoms with E-state index in [0.717, 1.165) is 23.7 Å². The number of nitrogen functional groups attached to an aromatic ring is 1. The van der Waals surface area contributed by atoms with Crippen LogP contribution in [0.25, 0.3) is 0 Å². The summed E-state index contributed by atoms with van der Waals surface area (Å²) >= 11 is 0. The lowest BCUT2D eigenvalue weighted by atomic mass is 9.80. The molecular weight excluding hydrogens is 250 g/mol. The first kappa shape index (κ1) is 14.9. The number of hydrogen-bond acceptors (Lipinski definition) is 3. The molecule has 20 heavy (non-hydrogen) atoms. The molecule has 1 aliphatic carbocycles. The first-order valence-electron chi connectivity index (χ1n) is 7.47. The molecule has 4 heteroatoms. The van der Waals surface area contributed by atoms with Gasteiger partial charge in [0, 0.05) is 12.1 Å². The highest BCUT2D eigenvalue weighted by Gasteiger charge is 2.21. The lowest BCUT2D eigenvalue weighted by Crippen LogP contribution is -2.33. The molecule has 1 fully saturated rings. The van der Waals surface area contributed by atoms with Crippen molar-refractivity contribution >= 4 is 11.6 Å². The van der Waals surface area contributed by atoms with Crippen LogP contribution in [0.15, 0.2) is 18.2 Å². The average molecular weight is 275 g/mol. The van der Waals surface area contributed by atoms with Gasteiger partial charge in [0.25, 0.3) is 5.91 Å². The molecule has 1 aliphatic rings. The molecule has 0 bridgehead atoms. The Labute approximate surface area is 121 Å². The number of hydrazine groups is 1. The number of benzene rings is 1. The first-order valence-corrected chi connectivity index (χ1v) is 7.47. The van der Waals surface area contributed by atoms with Crippen molar-refractivity contribution in [3.63, 3.8) is 0 Å². The zero-order valence-corrected chi connectivity index (χ0v) is 12.4. The minimum absolute atomic E-state index is 0.00875. The predicted molar refractivity (Wildman–Crippen MR) is 82.4 cm³/mol. The van der Waals surface area contributed by atoms with Crippen molar-refractivity contribution in [2.75, 3.05) is 12.0 Å². The number of anilines is 1. The van der Waals surface area contributed by atoms with Crippen molar-refractivity contribution in [2.24, 2.45) is 17.7 Å². The molecule has 2 atom stereocenters. The molecule has 0 aliphatic heterocycles. The summed E-state index contributed by atoms with van der Waals surface area (Å²) in [6.07, 6.45) is 5.15. The van der Waals surface area contributed by atoms with E-state index in [9.17, 15) is 4.79 Å². The highest BCUT2D eigenvalue weighted by Crippen LogP contribution is 2.28. The number of nitrogens with one attached hydrogen (secondary N) is 2. The molecule has 2 unspecified atom stereocenters. The van der Waals surface area contributed by atoms with Gasteiger partial charge in [0.2, 0.25) is 0 Å². The predicted octanol–water partition coefficient (Wildman–Crippen LogP) is 2.84. The summed E-state index contributed by atoms with van der Waals surface area (Å²) < 4.78 is 0. The third kappa shape index (κ3) is 3.51. The summed E-state index contributed by atoms with van der Waals surface area (Å²) in [5.74, 6) is 6.75. The molecule has 0 saturated heterocycles. The second-order valence-corrected chi connectivity index (χ2v) is 5.91. The Bertz CT molecular complexity index is 473. The molecule has 0 heterocycles. The first-order chi connectivity index (χ1) is 9.61. The second kappa shape index (κ2) is 6.75. The van der Waals surface area contributed by atoms with Gasteiger partial charge in [-0.2, -0.15) is 0 Å². The summed E-state index contributed by atoms with van der Waals surface area (Å²) in [5.41, 5.74) is 5.15. The van der Waals surface area contributed by atoms with Crippen LogP contribution in [0.1, 0.15) is 48.5 Å². The summed E-state index contributed by atoms with van der Waals surface area (Å²) in [4.78, 5) is 12.2. The van der Waals surface area contributed by atoms with E-state index in [1.807, 2.05) is 25.1 Å². The standard InChI is InChI=1S/C16H25N3O/c1-11-5-3-4-6-14(11)10-18-16(20)13-7-8-15(19-17)12(2)9-13/h7-9,11,14,19H,3-6,10,17H2,1-2H3,(H,18,20). The van der Waals surface area contributed by atoms with Crippen molar-refractivity contribution in [3.05, 3.63) is 29.3 Å². The number of carbonyl (C=O) groups excluding carboxylic acids is 1. The van der Waals surface area contributed by atoms with Crippen LogP contribution >= 0.6 is 0 Å². The fourth-order valence-electron chi connectivity index (χ4n) is 2.99. The van der Waals surface area contributed by atoms with Gasteiger partial charge in [-0.1, -0.05) is 26.2 Å². The Hall–Kier alpha value is -1.55. The monoisotopic (exact) mass is 275 g/mol. The van der Waals surface area contributed by atoms with Crippen molar-refractivity contribution in [1.82, 2.24) is 5.32 Å². The SMILES string of the molecule is Cc1cc(C(=O)NCC2CCCCC2C)ccc1NN. The summed E-state index contributed by atoms with van der Waals surface area (Å²) in [7, 11) is 0. The van der Waals surface area contributed by atoms with Crippen LogP contribution in [0, 0.1) is 18.8 Å². The lowest BCUT2D eigenvalue weighted by molar-refractivity contribution is 0.0936. The van der Waals surface area contributed by atoms with Crippen LogP contribution in [0.5, 0.6) is 0 Å². The van der Waals surface area contributed by atoms with E-state index in [1.165, 1.54) is 25.7 Å². The maximum atomic E-state index is 12.2. The highest BCUT2D eigenvalue weighted by atomic mass is 16.1. The van der Waals surface area contributed by atoms with Gasteiger partial charge in [0.1, 0.15) is 0 Å². The molecule has 4 N–H and O–H groups in total. The Morgan fingerprint density at radius 1 is 1.35 bits per heavy atom. The van der Waals surface area contributed by atoms with Crippen LogP contribution in [0.3, 0.4) is 0 Å². The Kier molecular flexibility index (Phi) is 5.01. The van der Waals surface area contributed by atoms with Crippen LogP contribution in [0.4, 0.5) is 5.69 Å². The normalized spacial score (nSPS) is 22.4. The van der Waals surface area contributed by atoms with Gasteiger partial charge >= 0.3 is 0 Å². The quantitative estimate of drug-likeness (QED) is 0.584. The van der Waals surface area contributed by atoms with E-state index >= 15 is 0 Å². The maximum absolute atomic E-state index is 12.2. The number of carbonyl (C=O) groups is 1. The molecule has 1 aromatic rings. The van der Waals surface area contributed by atoms with Crippen molar-refractivity contribution in [3.8, 4) is 0 Å². The Balaban J connectivity index is 1.93. The molecule has 0 spiro atoms. The number of hydrogen-bond donors (Lipinski definition) is 3. The molecule has 4 nitrogen and oxygen atoms in total. The Morgan fingerprint density at radius 3 is 2.75 bits per heavy atom. The van der Waals surface area contributed by atoms with Crippen molar-refractivity contribution in [1.29, 1.82) is 0 Å². The molecule has 1 aromatic carbocycles. The van der Waals surface area contributed by atoms with Gasteiger partial charge in [-0.05, 0) is 48.9 Å². The van der Waals surface area contributed by atoms with Gasteiger partial charge in [-0.15, -0.1) is 0 Å². The molecular formula is C16H25N3O. The minimum Gasteiger partial charge on any atom is -0.352 e. The van der Waals surface area contributed by atoms with Gasteiger partial charge < -0.3 is 10.7 Å². The van der Waals surface area contributed by atoms with E-state index in [4.69, 9.17) is 5.84 Å². The van der Waals surface area contributed by atoms with Gasteiger partial charge in [0.15, 0.2) is 0 Å². The average Bonchev–Trinajstić information content (AvgIpc) is 2.46. The van der Waals surface area contributed by atoms with Crippen LogP contribution in [0.2, 0.25) is 0 Å². The van der Waals surface area contributed by atoms with Gasteiger partial charge in [-0.3, -0.25) is 10.6 Å². The van der Waals surface area contributed by atoms with E-state index in [-0.39, 0.29) is 5.91 Å².